The summed E-state index contributed by atoms with van der Waals surface area (Å²) in [6, 6.07) is 9.11. The molecule has 1 fully saturated rings. The van der Waals surface area contributed by atoms with Gasteiger partial charge in [-0.15, -0.1) is 11.3 Å². The van der Waals surface area contributed by atoms with Crippen LogP contribution in [0.25, 0.3) is 5.57 Å². The van der Waals surface area contributed by atoms with Gasteiger partial charge in [-0.1, -0.05) is 55.9 Å². The van der Waals surface area contributed by atoms with E-state index in [0.29, 0.717) is 16.3 Å². The molecule has 0 radical (unpaired) electrons. The lowest BCUT2D eigenvalue weighted by Gasteiger charge is -2.24. The van der Waals surface area contributed by atoms with E-state index in [4.69, 9.17) is 0 Å². The number of thiazole rings is 1. The predicted octanol–water partition coefficient (Wildman–Crippen LogP) is 5.07. The smallest absolute Gasteiger partial charge is 0.264 e. The number of hydrogen-bond donors (Lipinski definition) is 1. The van der Waals surface area contributed by atoms with Crippen molar-refractivity contribution in [3.8, 4) is 0 Å². The Balaban J connectivity index is 0.00000126. The average molecular weight is 404 g/mol. The first-order chi connectivity index (χ1) is 13.0. The van der Waals surface area contributed by atoms with Crippen LogP contribution in [-0.4, -0.2) is 38.9 Å². The number of nitrogens with zero attached hydrogens (tertiary/aromatic N) is 3. The van der Waals surface area contributed by atoms with Gasteiger partial charge in [0.05, 0.1) is 16.6 Å². The van der Waals surface area contributed by atoms with Gasteiger partial charge in [-0.05, 0) is 19.4 Å². The molecule has 0 bridgehead atoms. The molecular formula is C20H25N3O2S2. The summed E-state index contributed by atoms with van der Waals surface area (Å²) in [4.78, 5) is 24.6. The maximum atomic E-state index is 13.3. The summed E-state index contributed by atoms with van der Waals surface area (Å²) < 4.78 is 0. The molecule has 0 spiro atoms. The van der Waals surface area contributed by atoms with E-state index in [2.05, 4.69) is 9.98 Å². The number of aromatic nitrogens is 1. The number of carbonyl (C=O) groups excluding carboxylic acids is 1. The minimum absolute atomic E-state index is 0.00258. The van der Waals surface area contributed by atoms with Crippen molar-refractivity contribution in [1.82, 2.24) is 9.88 Å². The van der Waals surface area contributed by atoms with E-state index in [9.17, 15) is 9.90 Å². The molecule has 1 atom stereocenters. The van der Waals surface area contributed by atoms with E-state index in [1.54, 1.807) is 35.0 Å². The van der Waals surface area contributed by atoms with Gasteiger partial charge < -0.3 is 5.11 Å². The van der Waals surface area contributed by atoms with E-state index in [-0.39, 0.29) is 17.7 Å². The lowest BCUT2D eigenvalue weighted by Crippen LogP contribution is -2.35. The number of amides is 1. The summed E-state index contributed by atoms with van der Waals surface area (Å²) in [7, 11) is 1.68. The Morgan fingerprint density at radius 2 is 1.96 bits per heavy atom. The fraction of sp³-hybridized carbons (Fsp3) is 0.350. The highest BCUT2D eigenvalue weighted by atomic mass is 32.2. The molecule has 0 aliphatic carbocycles. The normalized spacial score (nSPS) is 18.8. The number of allylic oxidation sites excluding steroid dienone is 1. The Morgan fingerprint density at radius 3 is 2.48 bits per heavy atom. The maximum Gasteiger partial charge on any atom is 0.264 e. The number of rotatable bonds is 3. The van der Waals surface area contributed by atoms with Crippen molar-refractivity contribution in [3.63, 3.8) is 0 Å². The molecule has 1 aromatic carbocycles. The van der Waals surface area contributed by atoms with Crippen LogP contribution < -0.4 is 0 Å². The summed E-state index contributed by atoms with van der Waals surface area (Å²) in [5, 5.41) is 11.8. The van der Waals surface area contributed by atoms with Crippen molar-refractivity contribution in [2.75, 3.05) is 12.8 Å². The molecule has 0 unspecified atom stereocenters. The molecule has 27 heavy (non-hydrogen) atoms. The number of aryl methyl sites for hydroxylation is 1. The number of aliphatic hydroxyl groups excluding tert-OH is 1. The summed E-state index contributed by atoms with van der Waals surface area (Å²) in [5.74, 6) is 0.489. The third-order valence-corrected chi connectivity index (χ3v) is 6.04. The number of aliphatic hydroxyl groups is 1. The monoisotopic (exact) mass is 403 g/mol. The molecule has 1 saturated heterocycles. The average Bonchev–Trinajstić information content (AvgIpc) is 3.29. The second kappa shape index (κ2) is 9.71. The number of hydrogen-bond acceptors (Lipinski definition) is 6. The molecule has 3 rings (SSSR count). The van der Waals surface area contributed by atoms with Crippen LogP contribution in [0.5, 0.6) is 0 Å². The Labute approximate surface area is 168 Å². The fourth-order valence-electron chi connectivity index (χ4n) is 2.79. The van der Waals surface area contributed by atoms with Gasteiger partial charge in [0.1, 0.15) is 5.76 Å². The standard InChI is InChI=1S/C18H19N3O2S2.C2H6/c1-11(22)16(13-7-5-4-6-8-13)17(23)21-14(10-24-18(21)19-3)15-9-20-12(2)25-15;1-2/h4-9,14,22H,10H2,1-3H3;1-2H3/b16-11+,19-18?;/t14-;/m1./s1. The number of carbonyl (C=O) groups is 1. The van der Waals surface area contributed by atoms with Gasteiger partial charge in [-0.2, -0.15) is 0 Å². The van der Waals surface area contributed by atoms with Crippen molar-refractivity contribution < 1.29 is 9.90 Å². The lowest BCUT2D eigenvalue weighted by molar-refractivity contribution is -0.122. The van der Waals surface area contributed by atoms with E-state index < -0.39 is 0 Å². The van der Waals surface area contributed by atoms with E-state index >= 15 is 0 Å². The molecule has 1 N–H and O–H groups in total. The van der Waals surface area contributed by atoms with Gasteiger partial charge in [0.2, 0.25) is 0 Å². The molecule has 2 heterocycles. The number of thioether (sulfide) groups is 1. The van der Waals surface area contributed by atoms with Gasteiger partial charge in [0.15, 0.2) is 5.17 Å². The Morgan fingerprint density at radius 1 is 1.30 bits per heavy atom. The highest BCUT2D eigenvalue weighted by molar-refractivity contribution is 8.14. The quantitative estimate of drug-likeness (QED) is 0.574. The second-order valence-electron chi connectivity index (χ2n) is 5.62. The minimum atomic E-state index is -0.243. The minimum Gasteiger partial charge on any atom is -0.512 e. The van der Waals surface area contributed by atoms with Crippen LogP contribution in [0.1, 0.15) is 42.3 Å². The zero-order chi connectivity index (χ0) is 20.0. The van der Waals surface area contributed by atoms with Crippen molar-refractivity contribution in [2.24, 2.45) is 4.99 Å². The van der Waals surface area contributed by atoms with E-state index in [1.165, 1.54) is 6.92 Å². The van der Waals surface area contributed by atoms with Gasteiger partial charge >= 0.3 is 0 Å². The van der Waals surface area contributed by atoms with Crippen LogP contribution in [0.4, 0.5) is 0 Å². The van der Waals surface area contributed by atoms with Crippen LogP contribution >= 0.6 is 23.1 Å². The largest absolute Gasteiger partial charge is 0.512 e. The molecule has 1 aromatic heterocycles. The molecule has 7 heteroatoms. The van der Waals surface area contributed by atoms with Gasteiger partial charge in [0, 0.05) is 23.9 Å². The third kappa shape index (κ3) is 4.59. The van der Waals surface area contributed by atoms with Crippen LogP contribution in [-0.2, 0) is 4.79 Å². The number of amidine groups is 1. The first-order valence-corrected chi connectivity index (χ1v) is 10.6. The Kier molecular flexibility index (Phi) is 7.62. The topological polar surface area (TPSA) is 65.8 Å². The first-order valence-electron chi connectivity index (χ1n) is 8.83. The molecule has 1 aliphatic rings. The van der Waals surface area contributed by atoms with Gasteiger partial charge in [-0.25, -0.2) is 4.98 Å². The van der Waals surface area contributed by atoms with E-state index in [0.717, 1.165) is 15.6 Å². The molecule has 1 amide bonds. The van der Waals surface area contributed by atoms with Crippen LogP contribution in [0.3, 0.4) is 0 Å². The van der Waals surface area contributed by atoms with Crippen LogP contribution in [0, 0.1) is 6.92 Å². The summed E-state index contributed by atoms with van der Waals surface area (Å²) in [5.41, 5.74) is 0.995. The summed E-state index contributed by atoms with van der Waals surface area (Å²) in [6.45, 7) is 7.49. The molecule has 144 valence electrons. The van der Waals surface area contributed by atoms with Gasteiger partial charge in [-0.3, -0.25) is 14.7 Å². The number of benzene rings is 1. The van der Waals surface area contributed by atoms with Crippen LogP contribution in [0.2, 0.25) is 0 Å². The first kappa shape index (κ1) is 21.2. The number of aliphatic imine (C=N–C) groups is 1. The fourth-order valence-corrected chi connectivity index (χ4v) is 4.88. The van der Waals surface area contributed by atoms with Crippen molar-refractivity contribution in [1.29, 1.82) is 0 Å². The molecule has 0 saturated carbocycles. The molecule has 1 aliphatic heterocycles. The molecule has 5 nitrogen and oxygen atoms in total. The second-order valence-corrected chi connectivity index (χ2v) is 7.87. The van der Waals surface area contributed by atoms with Crippen molar-refractivity contribution in [2.45, 2.75) is 33.7 Å². The maximum absolute atomic E-state index is 13.3. The van der Waals surface area contributed by atoms with Crippen molar-refractivity contribution >= 4 is 39.7 Å². The lowest BCUT2D eigenvalue weighted by atomic mass is 10.0. The van der Waals surface area contributed by atoms with Crippen molar-refractivity contribution in [3.05, 3.63) is 57.7 Å². The Bertz CT molecular complexity index is 840. The predicted molar refractivity (Wildman–Crippen MR) is 115 cm³/mol. The zero-order valence-electron chi connectivity index (χ0n) is 16.3. The molecule has 2 aromatic rings. The highest BCUT2D eigenvalue weighted by Gasteiger charge is 2.39. The zero-order valence-corrected chi connectivity index (χ0v) is 17.9. The summed E-state index contributed by atoms with van der Waals surface area (Å²) in [6.07, 6.45) is 1.82. The van der Waals surface area contributed by atoms with E-state index in [1.807, 2.05) is 57.3 Å². The highest BCUT2D eigenvalue weighted by Crippen LogP contribution is 2.39. The Hall–Kier alpha value is -2.12. The SMILES string of the molecule is CC.CN=C1SC[C@H](c2cnc(C)s2)N1C(=O)/C(=C(\C)O)c1ccccc1. The third-order valence-electron chi connectivity index (χ3n) is 3.90. The molecular weight excluding hydrogens is 378 g/mol. The summed E-state index contributed by atoms with van der Waals surface area (Å²) >= 11 is 3.13. The van der Waals surface area contributed by atoms with Gasteiger partial charge in [0.25, 0.3) is 5.91 Å². The van der Waals surface area contributed by atoms with Crippen LogP contribution in [0.15, 0.2) is 47.3 Å².